The molecule has 0 fully saturated rings. The van der Waals surface area contributed by atoms with Gasteiger partial charge in [-0.3, -0.25) is 0 Å². The van der Waals surface area contributed by atoms with Gasteiger partial charge in [0, 0.05) is 17.9 Å². The van der Waals surface area contributed by atoms with Crippen molar-refractivity contribution in [2.75, 3.05) is 6.54 Å². The van der Waals surface area contributed by atoms with Gasteiger partial charge in [-0.1, -0.05) is 74.5 Å². The van der Waals surface area contributed by atoms with E-state index in [-0.39, 0.29) is 11.3 Å². The molecule has 2 rings (SSSR count). The van der Waals surface area contributed by atoms with Crippen LogP contribution in [0, 0.1) is 5.41 Å². The summed E-state index contributed by atoms with van der Waals surface area (Å²) >= 11 is 0. The zero-order chi connectivity index (χ0) is 15.3. The third-order valence-electron chi connectivity index (χ3n) is 4.62. The molecule has 0 spiro atoms. The molecule has 2 atom stereocenters. The number of rotatable bonds is 6. The molecule has 2 aromatic carbocycles. The molecule has 0 aliphatic carbocycles. The molecule has 0 aliphatic rings. The Kier molecular flexibility index (Phi) is 5.16. The van der Waals surface area contributed by atoms with Crippen molar-refractivity contribution in [2.24, 2.45) is 11.1 Å². The zero-order valence-electron chi connectivity index (χ0n) is 12.9. The summed E-state index contributed by atoms with van der Waals surface area (Å²) < 4.78 is 0. The Morgan fingerprint density at radius 2 is 1.38 bits per heavy atom. The highest BCUT2D eigenvalue weighted by atomic mass is 16.3. The van der Waals surface area contributed by atoms with Crippen molar-refractivity contribution >= 4 is 0 Å². The first-order valence-corrected chi connectivity index (χ1v) is 7.60. The fraction of sp³-hybridized carbons (Fsp3) is 0.368. The Morgan fingerprint density at radius 3 is 1.71 bits per heavy atom. The van der Waals surface area contributed by atoms with Crippen molar-refractivity contribution < 1.29 is 5.11 Å². The van der Waals surface area contributed by atoms with Crippen LogP contribution in [0.1, 0.15) is 37.3 Å². The standard InChI is InChI=1S/C19H25NO/c1-3-19(2,14-20)18(21)17(15-10-6-4-7-11-15)16-12-8-5-9-13-16/h4-13,17-18,21H,3,14,20H2,1-2H3. The largest absolute Gasteiger partial charge is 0.392 e. The van der Waals surface area contributed by atoms with E-state index in [0.29, 0.717) is 6.54 Å². The van der Waals surface area contributed by atoms with Crippen LogP contribution in [0.25, 0.3) is 0 Å². The van der Waals surface area contributed by atoms with E-state index in [9.17, 15) is 5.11 Å². The van der Waals surface area contributed by atoms with E-state index >= 15 is 0 Å². The number of hydrogen-bond donors (Lipinski definition) is 2. The summed E-state index contributed by atoms with van der Waals surface area (Å²) in [6.45, 7) is 4.63. The second-order valence-electron chi connectivity index (χ2n) is 5.96. The average molecular weight is 283 g/mol. The smallest absolute Gasteiger partial charge is 0.0714 e. The van der Waals surface area contributed by atoms with E-state index in [1.807, 2.05) is 36.4 Å². The summed E-state index contributed by atoms with van der Waals surface area (Å²) in [5.41, 5.74) is 7.92. The Labute approximate surface area is 127 Å². The van der Waals surface area contributed by atoms with Crippen LogP contribution in [0.5, 0.6) is 0 Å². The van der Waals surface area contributed by atoms with Gasteiger partial charge in [-0.15, -0.1) is 0 Å². The van der Waals surface area contributed by atoms with Gasteiger partial charge in [0.15, 0.2) is 0 Å². The summed E-state index contributed by atoms with van der Waals surface area (Å²) in [5, 5.41) is 11.1. The minimum Gasteiger partial charge on any atom is -0.392 e. The van der Waals surface area contributed by atoms with Gasteiger partial charge < -0.3 is 10.8 Å². The maximum absolute atomic E-state index is 11.1. The lowest BCUT2D eigenvalue weighted by molar-refractivity contribution is 0.0274. The number of nitrogens with two attached hydrogens (primary N) is 1. The van der Waals surface area contributed by atoms with Crippen LogP contribution in [-0.4, -0.2) is 17.8 Å². The monoisotopic (exact) mass is 283 g/mol. The maximum atomic E-state index is 11.1. The van der Waals surface area contributed by atoms with Crippen LogP contribution in [0.2, 0.25) is 0 Å². The highest BCUT2D eigenvalue weighted by Gasteiger charge is 2.37. The van der Waals surface area contributed by atoms with Gasteiger partial charge in [0.2, 0.25) is 0 Å². The third kappa shape index (κ3) is 3.34. The van der Waals surface area contributed by atoms with Gasteiger partial charge in [0.1, 0.15) is 0 Å². The molecule has 2 aromatic rings. The lowest BCUT2D eigenvalue weighted by Gasteiger charge is -2.38. The molecular weight excluding hydrogens is 258 g/mol. The maximum Gasteiger partial charge on any atom is 0.0714 e. The Hall–Kier alpha value is -1.64. The molecule has 21 heavy (non-hydrogen) atoms. The van der Waals surface area contributed by atoms with E-state index in [2.05, 4.69) is 38.1 Å². The molecule has 2 unspecified atom stereocenters. The van der Waals surface area contributed by atoms with Gasteiger partial charge in [-0.2, -0.15) is 0 Å². The zero-order valence-corrected chi connectivity index (χ0v) is 12.9. The topological polar surface area (TPSA) is 46.2 Å². The Morgan fingerprint density at radius 1 is 0.952 bits per heavy atom. The minimum atomic E-state index is -0.516. The van der Waals surface area contributed by atoms with E-state index < -0.39 is 6.10 Å². The summed E-state index contributed by atoms with van der Waals surface area (Å²) in [5.74, 6) is -0.0547. The summed E-state index contributed by atoms with van der Waals surface area (Å²) in [7, 11) is 0. The SMILES string of the molecule is CCC(C)(CN)C(O)C(c1ccccc1)c1ccccc1. The lowest BCUT2D eigenvalue weighted by atomic mass is 9.71. The van der Waals surface area contributed by atoms with Crippen molar-refractivity contribution in [3.05, 3.63) is 71.8 Å². The molecule has 3 N–H and O–H groups in total. The van der Waals surface area contributed by atoms with Gasteiger partial charge in [-0.25, -0.2) is 0 Å². The van der Waals surface area contributed by atoms with E-state index in [4.69, 9.17) is 5.73 Å². The van der Waals surface area contributed by atoms with E-state index in [1.54, 1.807) is 0 Å². The summed E-state index contributed by atoms with van der Waals surface area (Å²) in [4.78, 5) is 0. The highest BCUT2D eigenvalue weighted by Crippen LogP contribution is 2.38. The number of aliphatic hydroxyl groups excluding tert-OH is 1. The summed E-state index contributed by atoms with van der Waals surface area (Å²) in [6, 6.07) is 20.4. The fourth-order valence-corrected chi connectivity index (χ4v) is 2.75. The predicted molar refractivity (Wildman–Crippen MR) is 88.2 cm³/mol. The van der Waals surface area contributed by atoms with Crippen LogP contribution in [0.15, 0.2) is 60.7 Å². The van der Waals surface area contributed by atoms with Gasteiger partial charge in [0.25, 0.3) is 0 Å². The van der Waals surface area contributed by atoms with Crippen molar-refractivity contribution in [1.29, 1.82) is 0 Å². The molecule has 0 bridgehead atoms. The second kappa shape index (κ2) is 6.88. The van der Waals surface area contributed by atoms with Crippen LogP contribution in [0.3, 0.4) is 0 Å². The van der Waals surface area contributed by atoms with Crippen LogP contribution >= 0.6 is 0 Å². The first kappa shape index (κ1) is 15.7. The van der Waals surface area contributed by atoms with Gasteiger partial charge in [-0.05, 0) is 17.5 Å². The molecule has 0 saturated carbocycles. The molecule has 0 aromatic heterocycles. The predicted octanol–water partition coefficient (Wildman–Crippen LogP) is 3.55. The Balaban J connectivity index is 2.47. The third-order valence-corrected chi connectivity index (χ3v) is 4.62. The van der Waals surface area contributed by atoms with Crippen LogP contribution in [-0.2, 0) is 0 Å². The second-order valence-corrected chi connectivity index (χ2v) is 5.96. The fourth-order valence-electron chi connectivity index (χ4n) is 2.75. The van der Waals surface area contributed by atoms with Crippen molar-refractivity contribution in [2.45, 2.75) is 32.3 Å². The van der Waals surface area contributed by atoms with Crippen LogP contribution < -0.4 is 5.73 Å². The molecule has 0 aliphatic heterocycles. The summed E-state index contributed by atoms with van der Waals surface area (Å²) in [6.07, 6.45) is 0.332. The normalized spacial score (nSPS) is 15.7. The first-order valence-electron chi connectivity index (χ1n) is 7.60. The van der Waals surface area contributed by atoms with E-state index in [1.165, 1.54) is 0 Å². The van der Waals surface area contributed by atoms with Gasteiger partial charge in [0.05, 0.1) is 6.10 Å². The van der Waals surface area contributed by atoms with Crippen molar-refractivity contribution in [3.63, 3.8) is 0 Å². The number of benzene rings is 2. The van der Waals surface area contributed by atoms with Crippen molar-refractivity contribution in [1.82, 2.24) is 0 Å². The molecule has 0 amide bonds. The van der Waals surface area contributed by atoms with Crippen molar-refractivity contribution in [3.8, 4) is 0 Å². The quantitative estimate of drug-likeness (QED) is 0.851. The number of hydrogen-bond acceptors (Lipinski definition) is 2. The molecule has 112 valence electrons. The molecule has 0 saturated heterocycles. The Bertz CT molecular complexity index is 495. The number of aliphatic hydroxyl groups is 1. The highest BCUT2D eigenvalue weighted by molar-refractivity contribution is 5.34. The van der Waals surface area contributed by atoms with Crippen LogP contribution in [0.4, 0.5) is 0 Å². The van der Waals surface area contributed by atoms with Gasteiger partial charge >= 0.3 is 0 Å². The van der Waals surface area contributed by atoms with E-state index in [0.717, 1.165) is 17.5 Å². The molecule has 0 radical (unpaired) electrons. The minimum absolute atomic E-state index is 0.0547. The lowest BCUT2D eigenvalue weighted by Crippen LogP contribution is -2.42. The first-order chi connectivity index (χ1) is 10.1. The molecular formula is C19H25NO. The average Bonchev–Trinajstić information content (AvgIpc) is 2.56. The molecule has 2 heteroatoms. The molecule has 2 nitrogen and oxygen atoms in total. The molecule has 0 heterocycles.